The van der Waals surface area contributed by atoms with Gasteiger partial charge in [-0.15, -0.1) is 0 Å². The van der Waals surface area contributed by atoms with E-state index in [4.69, 9.17) is 4.74 Å². The second kappa shape index (κ2) is 9.69. The molecule has 0 aliphatic carbocycles. The number of hydrogen-bond acceptors (Lipinski definition) is 6. The maximum atomic E-state index is 13.4. The molecule has 1 heterocycles. The van der Waals surface area contributed by atoms with Crippen molar-refractivity contribution in [3.05, 3.63) is 99.2 Å². The average molecular weight is 438 g/mol. The third-order valence-corrected chi connectivity index (χ3v) is 4.60. The predicted octanol–water partition coefficient (Wildman–Crippen LogP) is 2.86. The molecule has 8 nitrogen and oxygen atoms in total. The van der Waals surface area contributed by atoms with Gasteiger partial charge in [-0.1, -0.05) is 12.1 Å². The number of aromatic nitrogens is 1. The van der Waals surface area contributed by atoms with E-state index in [2.05, 4.69) is 10.1 Å². The second-order valence-corrected chi connectivity index (χ2v) is 6.68. The van der Waals surface area contributed by atoms with E-state index in [1.165, 1.54) is 73.5 Å². The number of amides is 1. The minimum atomic E-state index is -0.796. The number of ether oxygens (including phenoxy) is 2. The molecule has 1 amide bonds. The van der Waals surface area contributed by atoms with Crippen LogP contribution in [0.3, 0.4) is 0 Å². The molecule has 0 bridgehead atoms. The molecule has 0 aliphatic rings. The zero-order valence-corrected chi connectivity index (χ0v) is 17.3. The smallest absolute Gasteiger partial charge is 0.339 e. The highest BCUT2D eigenvalue weighted by Gasteiger charge is 2.19. The van der Waals surface area contributed by atoms with Crippen molar-refractivity contribution in [3.8, 4) is 0 Å². The van der Waals surface area contributed by atoms with Crippen LogP contribution in [0.1, 0.15) is 36.6 Å². The van der Waals surface area contributed by atoms with Crippen molar-refractivity contribution in [3.63, 3.8) is 0 Å². The minimum Gasteiger partial charge on any atom is -0.465 e. The molecule has 0 aliphatic heterocycles. The van der Waals surface area contributed by atoms with E-state index >= 15 is 0 Å². The van der Waals surface area contributed by atoms with Crippen LogP contribution in [0, 0.1) is 5.82 Å². The third kappa shape index (κ3) is 4.89. The molecule has 2 aromatic carbocycles. The van der Waals surface area contributed by atoms with Crippen molar-refractivity contribution < 1.29 is 28.2 Å². The summed E-state index contributed by atoms with van der Waals surface area (Å²) in [6.45, 7) is 0.0585. The number of anilines is 1. The van der Waals surface area contributed by atoms with Crippen LogP contribution in [-0.2, 0) is 16.0 Å². The normalized spacial score (nSPS) is 10.3. The summed E-state index contributed by atoms with van der Waals surface area (Å²) >= 11 is 0. The fourth-order valence-electron chi connectivity index (χ4n) is 3.04. The number of rotatable bonds is 6. The Morgan fingerprint density at radius 3 is 2.38 bits per heavy atom. The first-order valence-electron chi connectivity index (χ1n) is 9.40. The van der Waals surface area contributed by atoms with Crippen LogP contribution in [0.15, 0.2) is 65.6 Å². The number of carbonyl (C=O) groups is 3. The van der Waals surface area contributed by atoms with Crippen LogP contribution in [0.2, 0.25) is 0 Å². The fraction of sp³-hybridized carbons (Fsp3) is 0.130. The van der Waals surface area contributed by atoms with Gasteiger partial charge in [0.15, 0.2) is 0 Å². The molecule has 32 heavy (non-hydrogen) atoms. The van der Waals surface area contributed by atoms with Crippen molar-refractivity contribution in [2.45, 2.75) is 6.54 Å². The molecule has 0 saturated carbocycles. The van der Waals surface area contributed by atoms with Crippen molar-refractivity contribution in [2.24, 2.45) is 0 Å². The first-order valence-corrected chi connectivity index (χ1v) is 9.40. The Bertz CT molecular complexity index is 1250. The number of benzene rings is 2. The van der Waals surface area contributed by atoms with E-state index in [-0.39, 0.29) is 28.9 Å². The predicted molar refractivity (Wildman–Crippen MR) is 113 cm³/mol. The summed E-state index contributed by atoms with van der Waals surface area (Å²) in [6, 6.07) is 12.5. The van der Waals surface area contributed by atoms with Gasteiger partial charge in [0.2, 0.25) is 0 Å². The number of halogens is 1. The van der Waals surface area contributed by atoms with Crippen LogP contribution < -0.4 is 10.9 Å². The molecule has 0 unspecified atom stereocenters. The van der Waals surface area contributed by atoms with Gasteiger partial charge in [0.05, 0.1) is 37.6 Å². The van der Waals surface area contributed by atoms with Gasteiger partial charge in [-0.2, -0.15) is 0 Å². The molecular weight excluding hydrogens is 419 g/mol. The van der Waals surface area contributed by atoms with Gasteiger partial charge in [0, 0.05) is 6.20 Å². The van der Waals surface area contributed by atoms with Crippen LogP contribution in [-0.4, -0.2) is 36.6 Å². The zero-order valence-electron chi connectivity index (χ0n) is 17.3. The van der Waals surface area contributed by atoms with Gasteiger partial charge >= 0.3 is 11.9 Å². The van der Waals surface area contributed by atoms with E-state index in [1.54, 1.807) is 6.07 Å². The molecule has 164 valence electrons. The number of nitrogens with one attached hydrogen (secondary N) is 1. The summed E-state index contributed by atoms with van der Waals surface area (Å²) in [5.74, 6) is -2.65. The summed E-state index contributed by atoms with van der Waals surface area (Å²) in [6.07, 6.45) is 1.47. The SMILES string of the molecule is COC(=O)c1ccc(C(=O)OC)c(NC(=O)c2cccn(Cc3cccc(F)c3)c2=O)c1. The summed E-state index contributed by atoms with van der Waals surface area (Å²) in [7, 11) is 2.37. The highest BCUT2D eigenvalue weighted by atomic mass is 19.1. The van der Waals surface area contributed by atoms with Gasteiger partial charge in [-0.25, -0.2) is 14.0 Å². The Kier molecular flexibility index (Phi) is 6.79. The number of esters is 2. The van der Waals surface area contributed by atoms with E-state index in [1.807, 2.05) is 0 Å². The fourth-order valence-corrected chi connectivity index (χ4v) is 3.04. The third-order valence-electron chi connectivity index (χ3n) is 4.60. The first-order chi connectivity index (χ1) is 15.3. The molecule has 3 rings (SSSR count). The summed E-state index contributed by atoms with van der Waals surface area (Å²) in [4.78, 5) is 49.6. The van der Waals surface area contributed by atoms with Crippen LogP contribution in [0.25, 0.3) is 0 Å². The molecule has 0 radical (unpaired) electrons. The lowest BCUT2D eigenvalue weighted by Crippen LogP contribution is -2.29. The van der Waals surface area contributed by atoms with Gasteiger partial charge in [0.1, 0.15) is 11.4 Å². The molecule has 0 fully saturated rings. The van der Waals surface area contributed by atoms with E-state index < -0.39 is 29.2 Å². The maximum Gasteiger partial charge on any atom is 0.339 e. The summed E-state index contributed by atoms with van der Waals surface area (Å²) in [5, 5.41) is 2.48. The molecule has 1 aromatic heterocycles. The molecule has 1 N–H and O–H groups in total. The Balaban J connectivity index is 1.94. The lowest BCUT2D eigenvalue weighted by molar-refractivity contribution is 0.0587. The molecule has 0 saturated heterocycles. The summed E-state index contributed by atoms with van der Waals surface area (Å²) in [5.41, 5.74) is -0.217. The van der Waals surface area contributed by atoms with Crippen LogP contribution >= 0.6 is 0 Å². The zero-order chi connectivity index (χ0) is 23.3. The van der Waals surface area contributed by atoms with E-state index in [0.29, 0.717) is 5.56 Å². The topological polar surface area (TPSA) is 104 Å². The average Bonchev–Trinajstić information content (AvgIpc) is 2.79. The molecule has 0 atom stereocenters. The van der Waals surface area contributed by atoms with Crippen LogP contribution in [0.5, 0.6) is 0 Å². The second-order valence-electron chi connectivity index (χ2n) is 6.68. The van der Waals surface area contributed by atoms with E-state index in [0.717, 1.165) is 0 Å². The Morgan fingerprint density at radius 1 is 0.938 bits per heavy atom. The molecule has 9 heteroatoms. The minimum absolute atomic E-state index is 0.00970. The maximum absolute atomic E-state index is 13.4. The number of carbonyl (C=O) groups excluding carboxylic acids is 3. The van der Waals surface area contributed by atoms with Crippen molar-refractivity contribution >= 4 is 23.5 Å². The van der Waals surface area contributed by atoms with Crippen molar-refractivity contribution in [1.29, 1.82) is 0 Å². The Morgan fingerprint density at radius 2 is 1.69 bits per heavy atom. The highest BCUT2D eigenvalue weighted by Crippen LogP contribution is 2.20. The monoisotopic (exact) mass is 438 g/mol. The van der Waals surface area contributed by atoms with Gasteiger partial charge < -0.3 is 19.4 Å². The highest BCUT2D eigenvalue weighted by molar-refractivity contribution is 6.08. The quantitative estimate of drug-likeness (QED) is 0.594. The van der Waals surface area contributed by atoms with E-state index in [9.17, 15) is 23.6 Å². The molecule has 3 aromatic rings. The van der Waals surface area contributed by atoms with Crippen molar-refractivity contribution in [2.75, 3.05) is 19.5 Å². The van der Waals surface area contributed by atoms with Crippen molar-refractivity contribution in [1.82, 2.24) is 4.57 Å². The Hall–Kier alpha value is -4.27. The summed E-state index contributed by atoms with van der Waals surface area (Å²) < 4.78 is 24.1. The van der Waals surface area contributed by atoms with Crippen LogP contribution in [0.4, 0.5) is 10.1 Å². The van der Waals surface area contributed by atoms with Gasteiger partial charge in [-0.3, -0.25) is 9.59 Å². The van der Waals surface area contributed by atoms with Gasteiger partial charge in [0.25, 0.3) is 11.5 Å². The standard InChI is InChI=1S/C23H19FN2O6/c1-31-22(29)15-8-9-17(23(30)32-2)19(12-15)25-20(27)18-7-4-10-26(21(18)28)13-14-5-3-6-16(24)11-14/h3-12H,13H2,1-2H3,(H,25,27). The number of hydrogen-bond donors (Lipinski definition) is 1. The first kappa shape index (κ1) is 22.4. The number of methoxy groups -OCH3 is 2. The molecule has 0 spiro atoms. The number of pyridine rings is 1. The Labute approximate surface area is 182 Å². The molecular formula is C23H19FN2O6. The largest absolute Gasteiger partial charge is 0.465 e. The van der Waals surface area contributed by atoms with Gasteiger partial charge in [-0.05, 0) is 48.0 Å². The lowest BCUT2D eigenvalue weighted by atomic mass is 10.1. The lowest BCUT2D eigenvalue weighted by Gasteiger charge is -2.12. The number of nitrogens with zero attached hydrogens (tertiary/aromatic N) is 1.